The van der Waals surface area contributed by atoms with E-state index in [1.54, 1.807) is 30.2 Å². The molecular weight excluding hydrogens is 521 g/mol. The molecule has 0 aromatic heterocycles. The number of thiocarbonyl (C=S) groups is 1. The lowest BCUT2D eigenvalue weighted by Gasteiger charge is -2.16. The zero-order valence-corrected chi connectivity index (χ0v) is 21.9. The van der Waals surface area contributed by atoms with Gasteiger partial charge in [-0.15, -0.1) is 6.58 Å². The number of thioether (sulfide) groups is 1. The molecule has 8 heteroatoms. The van der Waals surface area contributed by atoms with Crippen molar-refractivity contribution in [2.75, 3.05) is 12.0 Å². The van der Waals surface area contributed by atoms with Crippen LogP contribution in [0.5, 0.6) is 11.5 Å². The van der Waals surface area contributed by atoms with Crippen molar-refractivity contribution in [2.24, 2.45) is 0 Å². The predicted octanol–water partition coefficient (Wildman–Crippen LogP) is 7.72. The summed E-state index contributed by atoms with van der Waals surface area (Å²) < 4.78 is 12.3. The second-order valence-corrected chi connectivity index (χ2v) is 10.1. The van der Waals surface area contributed by atoms with Crippen molar-refractivity contribution >= 4 is 69.2 Å². The van der Waals surface area contributed by atoms with Crippen molar-refractivity contribution in [1.82, 2.24) is 0 Å². The number of allylic oxidation sites excluding steroid dienone is 1. The minimum atomic E-state index is -0.157. The monoisotopic (exact) mass is 541 g/mol. The third-order valence-corrected chi connectivity index (χ3v) is 7.25. The number of anilines is 1. The Hall–Kier alpha value is -2.77. The summed E-state index contributed by atoms with van der Waals surface area (Å²) in [5, 5.41) is 0.955. The number of hydrogen-bond acceptors (Lipinski definition) is 5. The van der Waals surface area contributed by atoms with Crippen molar-refractivity contribution in [3.8, 4) is 11.5 Å². The first-order valence-electron chi connectivity index (χ1n) is 10.6. The van der Waals surface area contributed by atoms with Gasteiger partial charge in [0.25, 0.3) is 5.91 Å². The molecule has 0 N–H and O–H groups in total. The van der Waals surface area contributed by atoms with Crippen LogP contribution in [0.25, 0.3) is 6.08 Å². The van der Waals surface area contributed by atoms with Crippen LogP contribution in [0, 0.1) is 0 Å². The van der Waals surface area contributed by atoms with E-state index in [1.807, 2.05) is 54.6 Å². The van der Waals surface area contributed by atoms with Gasteiger partial charge in [-0.25, -0.2) is 0 Å². The molecule has 1 saturated heterocycles. The van der Waals surface area contributed by atoms with E-state index in [2.05, 4.69) is 6.58 Å². The third-order valence-electron chi connectivity index (χ3n) is 5.21. The molecule has 0 spiro atoms. The molecule has 0 saturated carbocycles. The molecule has 4 nitrogen and oxygen atoms in total. The van der Waals surface area contributed by atoms with E-state index >= 15 is 0 Å². The fourth-order valence-electron chi connectivity index (χ4n) is 3.59. The zero-order valence-electron chi connectivity index (χ0n) is 18.8. The minimum Gasteiger partial charge on any atom is -0.493 e. The van der Waals surface area contributed by atoms with Gasteiger partial charge in [-0.1, -0.05) is 77.5 Å². The molecule has 0 atom stereocenters. The van der Waals surface area contributed by atoms with Crippen molar-refractivity contribution in [3.05, 3.63) is 105 Å². The van der Waals surface area contributed by atoms with Crippen LogP contribution in [-0.4, -0.2) is 17.3 Å². The molecule has 0 bridgehead atoms. The highest BCUT2D eigenvalue weighted by Crippen LogP contribution is 2.39. The molecule has 1 fully saturated rings. The molecule has 1 heterocycles. The number of ether oxygens (including phenoxy) is 2. The maximum absolute atomic E-state index is 13.1. The lowest BCUT2D eigenvalue weighted by molar-refractivity contribution is -0.113. The standard InChI is InChI=1S/C27H21Cl2NO3S2/c1-3-7-19-12-18(15-24-26(31)30(27(34)35-24)20-8-5-4-6-9-20)14-23(32-2)25(19)33-16-17-10-11-21(28)22(29)13-17/h3-6,8-15H,1,7,16H2,2H3/b24-15+. The molecule has 0 unspecified atom stereocenters. The molecule has 0 radical (unpaired) electrons. The number of halogens is 2. The van der Waals surface area contributed by atoms with Gasteiger partial charge in [0.2, 0.25) is 0 Å². The smallest absolute Gasteiger partial charge is 0.270 e. The summed E-state index contributed by atoms with van der Waals surface area (Å²) in [7, 11) is 1.58. The van der Waals surface area contributed by atoms with Crippen LogP contribution in [0.3, 0.4) is 0 Å². The first-order valence-corrected chi connectivity index (χ1v) is 12.6. The largest absolute Gasteiger partial charge is 0.493 e. The Morgan fingerprint density at radius 3 is 2.54 bits per heavy atom. The zero-order chi connectivity index (χ0) is 24.9. The fraction of sp³-hybridized carbons (Fsp3) is 0.111. The minimum absolute atomic E-state index is 0.157. The highest BCUT2D eigenvalue weighted by molar-refractivity contribution is 8.27. The Balaban J connectivity index is 1.64. The van der Waals surface area contributed by atoms with Crippen LogP contribution in [0.4, 0.5) is 5.69 Å². The molecule has 4 rings (SSSR count). The Morgan fingerprint density at radius 1 is 1.09 bits per heavy atom. The Morgan fingerprint density at radius 2 is 1.86 bits per heavy atom. The molecule has 178 valence electrons. The summed E-state index contributed by atoms with van der Waals surface area (Å²) in [5.74, 6) is 0.997. The molecule has 1 amide bonds. The Labute approximate surface area is 224 Å². The Kier molecular flexibility index (Phi) is 8.19. The van der Waals surface area contributed by atoms with Crippen LogP contribution < -0.4 is 14.4 Å². The predicted molar refractivity (Wildman–Crippen MR) is 150 cm³/mol. The SMILES string of the molecule is C=CCc1cc(/C=C2/SC(=S)N(c3ccccc3)C2=O)cc(OC)c1OCc1ccc(Cl)c(Cl)c1. The molecule has 3 aromatic carbocycles. The average molecular weight is 543 g/mol. The van der Waals surface area contributed by atoms with Crippen LogP contribution in [-0.2, 0) is 17.8 Å². The first kappa shape index (κ1) is 25.3. The average Bonchev–Trinajstić information content (AvgIpc) is 3.13. The number of para-hydroxylation sites is 1. The second kappa shape index (κ2) is 11.3. The highest BCUT2D eigenvalue weighted by atomic mass is 35.5. The van der Waals surface area contributed by atoms with Crippen LogP contribution >= 0.6 is 47.2 Å². The number of hydrogen-bond donors (Lipinski definition) is 0. The molecule has 1 aliphatic heterocycles. The molecule has 35 heavy (non-hydrogen) atoms. The van der Waals surface area contributed by atoms with Crippen molar-refractivity contribution < 1.29 is 14.3 Å². The van der Waals surface area contributed by atoms with Gasteiger partial charge in [0.05, 0.1) is 27.7 Å². The molecule has 3 aromatic rings. The van der Waals surface area contributed by atoms with Crippen molar-refractivity contribution in [2.45, 2.75) is 13.0 Å². The van der Waals surface area contributed by atoms with E-state index in [0.29, 0.717) is 37.2 Å². The number of rotatable bonds is 8. The van der Waals surface area contributed by atoms with Crippen LogP contribution in [0.2, 0.25) is 10.0 Å². The topological polar surface area (TPSA) is 38.8 Å². The maximum atomic E-state index is 13.1. The van der Waals surface area contributed by atoms with Crippen LogP contribution in [0.1, 0.15) is 16.7 Å². The van der Waals surface area contributed by atoms with Gasteiger partial charge in [-0.05, 0) is 60.0 Å². The highest BCUT2D eigenvalue weighted by Gasteiger charge is 2.33. The lowest BCUT2D eigenvalue weighted by atomic mass is 10.0. The fourth-order valence-corrected chi connectivity index (χ4v) is 5.21. The summed E-state index contributed by atoms with van der Waals surface area (Å²) in [5.41, 5.74) is 3.30. The number of nitrogens with zero attached hydrogens (tertiary/aromatic N) is 1. The van der Waals surface area contributed by atoms with Gasteiger partial charge in [0.1, 0.15) is 6.61 Å². The maximum Gasteiger partial charge on any atom is 0.270 e. The summed E-state index contributed by atoms with van der Waals surface area (Å²) in [6.45, 7) is 4.15. The quantitative estimate of drug-likeness (QED) is 0.166. The number of carbonyl (C=O) groups excluding carboxylic acids is 1. The summed E-state index contributed by atoms with van der Waals surface area (Å²) in [6, 6.07) is 18.5. The molecular formula is C27H21Cl2NO3S2. The number of methoxy groups -OCH3 is 1. The Bertz CT molecular complexity index is 1330. The molecule has 1 aliphatic rings. The van der Waals surface area contributed by atoms with Crippen LogP contribution in [0.15, 0.2) is 78.2 Å². The van der Waals surface area contributed by atoms with E-state index in [4.69, 9.17) is 44.9 Å². The van der Waals surface area contributed by atoms with E-state index in [-0.39, 0.29) is 12.5 Å². The van der Waals surface area contributed by atoms with Gasteiger partial charge < -0.3 is 9.47 Å². The third kappa shape index (κ3) is 5.73. The lowest BCUT2D eigenvalue weighted by Crippen LogP contribution is -2.27. The number of benzene rings is 3. The van der Waals surface area contributed by atoms with E-state index in [9.17, 15) is 4.79 Å². The second-order valence-electron chi connectivity index (χ2n) is 7.59. The van der Waals surface area contributed by atoms with Gasteiger partial charge in [-0.2, -0.15) is 0 Å². The van der Waals surface area contributed by atoms with Gasteiger partial charge in [-0.3, -0.25) is 9.69 Å². The summed E-state index contributed by atoms with van der Waals surface area (Å²) in [6.07, 6.45) is 4.17. The summed E-state index contributed by atoms with van der Waals surface area (Å²) >= 11 is 18.9. The number of amides is 1. The van der Waals surface area contributed by atoms with E-state index in [0.717, 1.165) is 22.4 Å². The van der Waals surface area contributed by atoms with Crippen molar-refractivity contribution in [3.63, 3.8) is 0 Å². The van der Waals surface area contributed by atoms with Crippen molar-refractivity contribution in [1.29, 1.82) is 0 Å². The number of carbonyl (C=O) groups is 1. The van der Waals surface area contributed by atoms with E-state index in [1.165, 1.54) is 11.8 Å². The summed E-state index contributed by atoms with van der Waals surface area (Å²) in [4.78, 5) is 15.2. The van der Waals surface area contributed by atoms with Gasteiger partial charge in [0.15, 0.2) is 15.8 Å². The first-order chi connectivity index (χ1) is 16.9. The molecule has 0 aliphatic carbocycles. The van der Waals surface area contributed by atoms with E-state index < -0.39 is 0 Å². The normalized spacial score (nSPS) is 14.5. The van der Waals surface area contributed by atoms with Gasteiger partial charge in [0, 0.05) is 5.56 Å². The van der Waals surface area contributed by atoms with Gasteiger partial charge >= 0.3 is 0 Å².